The van der Waals surface area contributed by atoms with Gasteiger partial charge in [-0.25, -0.2) is 0 Å². The summed E-state index contributed by atoms with van der Waals surface area (Å²) in [6, 6.07) is 0.280. The van der Waals surface area contributed by atoms with Gasteiger partial charge >= 0.3 is 0 Å². The lowest BCUT2D eigenvalue weighted by Crippen LogP contribution is -2.35. The van der Waals surface area contributed by atoms with Crippen molar-refractivity contribution in [2.75, 3.05) is 6.54 Å². The van der Waals surface area contributed by atoms with Gasteiger partial charge in [0.25, 0.3) is 0 Å². The zero-order valence-electron chi connectivity index (χ0n) is 11.1. The number of nitrogens with zero attached hydrogens (tertiary/aromatic N) is 1. The standard InChI is InChI=1S/C14H25NO/c1-5-6-7-8-9-10-11-12-15(13(2)3)14(4)16/h6-7,10-11,13H,5,8-9,12H2,1-4H3. The van der Waals surface area contributed by atoms with Crippen LogP contribution in [0, 0.1) is 0 Å². The van der Waals surface area contributed by atoms with Crippen molar-refractivity contribution in [1.29, 1.82) is 0 Å². The van der Waals surface area contributed by atoms with Crippen LogP contribution in [-0.2, 0) is 4.79 Å². The van der Waals surface area contributed by atoms with Gasteiger partial charge < -0.3 is 4.90 Å². The fraction of sp³-hybridized carbons (Fsp3) is 0.643. The van der Waals surface area contributed by atoms with Gasteiger partial charge in [0.1, 0.15) is 0 Å². The van der Waals surface area contributed by atoms with Crippen molar-refractivity contribution in [3.63, 3.8) is 0 Å². The molecule has 0 saturated carbocycles. The Morgan fingerprint density at radius 2 is 1.69 bits per heavy atom. The van der Waals surface area contributed by atoms with E-state index in [-0.39, 0.29) is 11.9 Å². The second-order valence-electron chi connectivity index (χ2n) is 4.19. The minimum Gasteiger partial charge on any atom is -0.337 e. The summed E-state index contributed by atoms with van der Waals surface area (Å²) in [6.45, 7) is 8.57. The van der Waals surface area contributed by atoms with Gasteiger partial charge in [0, 0.05) is 19.5 Å². The monoisotopic (exact) mass is 223 g/mol. The maximum absolute atomic E-state index is 11.3. The highest BCUT2D eigenvalue weighted by Gasteiger charge is 2.09. The van der Waals surface area contributed by atoms with E-state index in [0.717, 1.165) is 25.8 Å². The molecule has 0 radical (unpaired) electrons. The molecule has 0 aliphatic rings. The van der Waals surface area contributed by atoms with E-state index in [0.29, 0.717) is 0 Å². The minimum absolute atomic E-state index is 0.144. The summed E-state index contributed by atoms with van der Waals surface area (Å²) >= 11 is 0. The SMILES string of the molecule is CCC=CCCC=CCN(C(C)=O)C(C)C. The summed E-state index contributed by atoms with van der Waals surface area (Å²) in [4.78, 5) is 13.1. The zero-order valence-corrected chi connectivity index (χ0v) is 11.1. The number of unbranched alkanes of at least 4 members (excludes halogenated alkanes) is 1. The third kappa shape index (κ3) is 7.27. The topological polar surface area (TPSA) is 20.3 Å². The van der Waals surface area contributed by atoms with Crippen molar-refractivity contribution in [3.8, 4) is 0 Å². The molecule has 0 atom stereocenters. The molecule has 0 spiro atoms. The van der Waals surface area contributed by atoms with Gasteiger partial charge in [-0.05, 0) is 33.1 Å². The van der Waals surface area contributed by atoms with E-state index in [4.69, 9.17) is 0 Å². The number of amides is 1. The molecule has 2 nitrogen and oxygen atoms in total. The number of hydrogen-bond donors (Lipinski definition) is 0. The number of carbonyl (C=O) groups excluding carboxylic acids is 1. The van der Waals surface area contributed by atoms with E-state index in [1.54, 1.807) is 6.92 Å². The lowest BCUT2D eigenvalue weighted by atomic mass is 10.2. The van der Waals surface area contributed by atoms with E-state index < -0.39 is 0 Å². The van der Waals surface area contributed by atoms with Gasteiger partial charge in [-0.3, -0.25) is 4.79 Å². The van der Waals surface area contributed by atoms with Gasteiger partial charge in [-0.15, -0.1) is 0 Å². The minimum atomic E-state index is 0.144. The van der Waals surface area contributed by atoms with Crippen molar-refractivity contribution in [2.45, 2.75) is 53.0 Å². The summed E-state index contributed by atoms with van der Waals surface area (Å²) in [5, 5.41) is 0. The van der Waals surface area contributed by atoms with Crippen LogP contribution in [-0.4, -0.2) is 23.4 Å². The van der Waals surface area contributed by atoms with Crippen molar-refractivity contribution in [1.82, 2.24) is 4.90 Å². The molecule has 0 aromatic rings. The fourth-order valence-corrected chi connectivity index (χ4v) is 1.49. The number of carbonyl (C=O) groups is 1. The van der Waals surface area contributed by atoms with Crippen molar-refractivity contribution >= 4 is 5.91 Å². The van der Waals surface area contributed by atoms with E-state index in [1.807, 2.05) is 18.7 Å². The van der Waals surface area contributed by atoms with Gasteiger partial charge in [-0.2, -0.15) is 0 Å². The Morgan fingerprint density at radius 3 is 2.12 bits per heavy atom. The average molecular weight is 223 g/mol. The van der Waals surface area contributed by atoms with Crippen molar-refractivity contribution in [2.24, 2.45) is 0 Å². The van der Waals surface area contributed by atoms with Crippen molar-refractivity contribution < 1.29 is 4.79 Å². The molecule has 0 N–H and O–H groups in total. The Balaban J connectivity index is 3.80. The summed E-state index contributed by atoms with van der Waals surface area (Å²) < 4.78 is 0. The summed E-state index contributed by atoms with van der Waals surface area (Å²) in [7, 11) is 0. The molecule has 0 unspecified atom stereocenters. The second kappa shape index (κ2) is 9.20. The van der Waals surface area contributed by atoms with Crippen LogP contribution in [0.25, 0.3) is 0 Å². The largest absolute Gasteiger partial charge is 0.337 e. The van der Waals surface area contributed by atoms with Crippen LogP contribution in [0.4, 0.5) is 0 Å². The van der Waals surface area contributed by atoms with Crippen LogP contribution >= 0.6 is 0 Å². The molecule has 0 fully saturated rings. The van der Waals surface area contributed by atoms with Crippen LogP contribution in [0.3, 0.4) is 0 Å². The molecule has 0 bridgehead atoms. The average Bonchev–Trinajstić information content (AvgIpc) is 2.21. The number of rotatable bonds is 7. The number of hydrogen-bond acceptors (Lipinski definition) is 1. The molecule has 0 rings (SSSR count). The van der Waals surface area contributed by atoms with E-state index >= 15 is 0 Å². The second-order valence-corrected chi connectivity index (χ2v) is 4.19. The lowest BCUT2D eigenvalue weighted by molar-refractivity contribution is -0.129. The van der Waals surface area contributed by atoms with Gasteiger partial charge in [0.05, 0.1) is 0 Å². The zero-order chi connectivity index (χ0) is 12.4. The molecule has 2 heteroatoms. The first-order chi connectivity index (χ1) is 7.59. The first-order valence-corrected chi connectivity index (χ1v) is 6.16. The van der Waals surface area contributed by atoms with Crippen LogP contribution in [0.2, 0.25) is 0 Å². The Morgan fingerprint density at radius 1 is 1.12 bits per heavy atom. The normalized spacial score (nSPS) is 11.8. The molecule has 0 aliphatic carbocycles. The predicted molar refractivity (Wildman–Crippen MR) is 70.3 cm³/mol. The molecule has 0 heterocycles. The molecule has 0 aliphatic heterocycles. The van der Waals surface area contributed by atoms with E-state index in [2.05, 4.69) is 31.2 Å². The molecule has 0 aromatic carbocycles. The van der Waals surface area contributed by atoms with Gasteiger partial charge in [0.2, 0.25) is 5.91 Å². The number of allylic oxidation sites excluding steroid dienone is 3. The summed E-state index contributed by atoms with van der Waals surface area (Å²) in [6.07, 6.45) is 11.9. The fourth-order valence-electron chi connectivity index (χ4n) is 1.49. The van der Waals surface area contributed by atoms with Crippen LogP contribution in [0.5, 0.6) is 0 Å². The Hall–Kier alpha value is -1.05. The third-order valence-electron chi connectivity index (χ3n) is 2.40. The van der Waals surface area contributed by atoms with Crippen LogP contribution in [0.15, 0.2) is 24.3 Å². The first-order valence-electron chi connectivity index (χ1n) is 6.16. The molecular formula is C14H25NO. The third-order valence-corrected chi connectivity index (χ3v) is 2.40. The van der Waals surface area contributed by atoms with E-state index in [9.17, 15) is 4.79 Å². The van der Waals surface area contributed by atoms with Crippen LogP contribution < -0.4 is 0 Å². The highest BCUT2D eigenvalue weighted by molar-refractivity contribution is 5.73. The van der Waals surface area contributed by atoms with Gasteiger partial charge in [0.15, 0.2) is 0 Å². The predicted octanol–water partition coefficient (Wildman–Crippen LogP) is 3.55. The maximum atomic E-state index is 11.3. The highest BCUT2D eigenvalue weighted by Crippen LogP contribution is 2.00. The molecular weight excluding hydrogens is 198 g/mol. The smallest absolute Gasteiger partial charge is 0.219 e. The molecule has 1 amide bonds. The Bertz CT molecular complexity index is 241. The Kier molecular flexibility index (Phi) is 8.59. The lowest BCUT2D eigenvalue weighted by Gasteiger charge is -2.23. The first kappa shape index (κ1) is 14.9. The summed E-state index contributed by atoms with van der Waals surface area (Å²) in [5.74, 6) is 0.144. The molecule has 92 valence electrons. The van der Waals surface area contributed by atoms with Crippen LogP contribution in [0.1, 0.15) is 47.0 Å². The van der Waals surface area contributed by atoms with Crippen molar-refractivity contribution in [3.05, 3.63) is 24.3 Å². The molecule has 16 heavy (non-hydrogen) atoms. The maximum Gasteiger partial charge on any atom is 0.219 e. The molecule has 0 aromatic heterocycles. The van der Waals surface area contributed by atoms with Gasteiger partial charge in [-0.1, -0.05) is 31.2 Å². The molecule has 0 saturated heterocycles. The quantitative estimate of drug-likeness (QED) is 0.477. The Labute approximate surface area is 100 Å². The summed E-state index contributed by atoms with van der Waals surface area (Å²) in [5.41, 5.74) is 0. The highest BCUT2D eigenvalue weighted by atomic mass is 16.2. The van der Waals surface area contributed by atoms with E-state index in [1.165, 1.54) is 0 Å².